The SMILES string of the molecule is c1ccc(-c2cccc(-c3nc(-c4ccc(-n5c6ccccc6c6cc7ccccc7cc65)c5c4sc4ccccc45)nc(-n4c5ccccc5c5ccccc54)n3)c2)cc1. The summed E-state index contributed by atoms with van der Waals surface area (Å²) in [5, 5.41) is 9.62. The van der Waals surface area contributed by atoms with Crippen LogP contribution in [-0.4, -0.2) is 24.1 Å². The van der Waals surface area contributed by atoms with Gasteiger partial charge in [-0.1, -0.05) is 146 Å². The third-order valence-corrected chi connectivity index (χ3v) is 13.4. The Morgan fingerprint density at radius 3 is 1.69 bits per heavy atom. The summed E-state index contributed by atoms with van der Waals surface area (Å²) in [7, 11) is 0. The molecule has 0 aliphatic heterocycles. The first-order valence-electron chi connectivity index (χ1n) is 20.5. The molecular weight excluding hydrogens is 763 g/mol. The summed E-state index contributed by atoms with van der Waals surface area (Å²) >= 11 is 1.80. The highest BCUT2D eigenvalue weighted by molar-refractivity contribution is 7.26. The molecule has 284 valence electrons. The van der Waals surface area contributed by atoms with Crippen LogP contribution in [0.2, 0.25) is 0 Å². The van der Waals surface area contributed by atoms with Gasteiger partial charge >= 0.3 is 0 Å². The van der Waals surface area contributed by atoms with Gasteiger partial charge in [-0.05, 0) is 76.5 Å². The predicted molar refractivity (Wildman–Crippen MR) is 255 cm³/mol. The van der Waals surface area contributed by atoms with Crippen molar-refractivity contribution in [2.75, 3.05) is 0 Å². The lowest BCUT2D eigenvalue weighted by molar-refractivity contribution is 0.954. The summed E-state index contributed by atoms with van der Waals surface area (Å²) < 4.78 is 7.00. The van der Waals surface area contributed by atoms with Crippen LogP contribution < -0.4 is 0 Å². The van der Waals surface area contributed by atoms with Gasteiger partial charge in [-0.15, -0.1) is 11.3 Å². The second kappa shape index (κ2) is 13.3. The molecule has 9 aromatic carbocycles. The number of aromatic nitrogens is 5. The number of rotatable bonds is 5. The first-order valence-corrected chi connectivity index (χ1v) is 21.3. The van der Waals surface area contributed by atoms with Crippen molar-refractivity contribution < 1.29 is 0 Å². The molecule has 0 saturated heterocycles. The Balaban J connectivity index is 1.11. The minimum Gasteiger partial charge on any atom is -0.309 e. The summed E-state index contributed by atoms with van der Waals surface area (Å²) in [6, 6.07) is 71.4. The van der Waals surface area contributed by atoms with Gasteiger partial charge in [-0.25, -0.2) is 4.98 Å². The summed E-state index contributed by atoms with van der Waals surface area (Å²) in [5.74, 6) is 1.82. The lowest BCUT2D eigenvalue weighted by Gasteiger charge is -2.14. The largest absolute Gasteiger partial charge is 0.309 e. The second-order valence-electron chi connectivity index (χ2n) is 15.6. The molecule has 0 atom stereocenters. The van der Waals surface area contributed by atoms with E-state index in [0.29, 0.717) is 17.6 Å². The zero-order valence-corrected chi connectivity index (χ0v) is 33.5. The average Bonchev–Trinajstić information content (AvgIpc) is 3.99. The van der Waals surface area contributed by atoms with Gasteiger partial charge < -0.3 is 4.57 Å². The van der Waals surface area contributed by atoms with E-state index in [1.165, 1.54) is 48.1 Å². The number of thiophene rings is 1. The Labute approximate surface area is 354 Å². The van der Waals surface area contributed by atoms with E-state index in [4.69, 9.17) is 15.0 Å². The van der Waals surface area contributed by atoms with Crippen molar-refractivity contribution in [3.63, 3.8) is 0 Å². The molecule has 61 heavy (non-hydrogen) atoms. The van der Waals surface area contributed by atoms with Crippen LogP contribution in [0.5, 0.6) is 0 Å². The van der Waals surface area contributed by atoms with Gasteiger partial charge in [-0.2, -0.15) is 9.97 Å². The molecule has 0 N–H and O–H groups in total. The summed E-state index contributed by atoms with van der Waals surface area (Å²) in [6.07, 6.45) is 0. The van der Waals surface area contributed by atoms with Crippen molar-refractivity contribution in [2.45, 2.75) is 0 Å². The van der Waals surface area contributed by atoms with Gasteiger partial charge in [-0.3, -0.25) is 4.57 Å². The average molecular weight is 796 g/mol. The van der Waals surface area contributed by atoms with E-state index in [9.17, 15) is 0 Å². The number of benzene rings is 9. The van der Waals surface area contributed by atoms with E-state index >= 15 is 0 Å². The fourth-order valence-electron chi connectivity index (χ4n) is 9.41. The Morgan fingerprint density at radius 1 is 0.361 bits per heavy atom. The molecule has 13 aromatic rings. The van der Waals surface area contributed by atoms with Crippen molar-refractivity contribution in [3.05, 3.63) is 200 Å². The van der Waals surface area contributed by atoms with Crippen LogP contribution in [0, 0.1) is 0 Å². The molecule has 0 aliphatic rings. The first kappa shape index (κ1) is 34.0. The minimum atomic E-state index is 0.579. The second-order valence-corrected chi connectivity index (χ2v) is 16.7. The van der Waals surface area contributed by atoms with Crippen molar-refractivity contribution in [3.8, 4) is 45.5 Å². The van der Waals surface area contributed by atoms with Gasteiger partial charge in [0.05, 0.1) is 27.8 Å². The molecule has 6 heteroatoms. The number of para-hydroxylation sites is 3. The number of fused-ring (bicyclic) bond motifs is 10. The lowest BCUT2D eigenvalue weighted by atomic mass is 10.0. The van der Waals surface area contributed by atoms with Crippen LogP contribution >= 0.6 is 11.3 Å². The van der Waals surface area contributed by atoms with Crippen LogP contribution in [0.3, 0.4) is 0 Å². The molecule has 0 aliphatic carbocycles. The van der Waals surface area contributed by atoms with Gasteiger partial charge in [0.25, 0.3) is 0 Å². The highest BCUT2D eigenvalue weighted by atomic mass is 32.1. The van der Waals surface area contributed by atoms with Gasteiger partial charge in [0.1, 0.15) is 0 Å². The zero-order valence-electron chi connectivity index (χ0n) is 32.7. The molecule has 0 radical (unpaired) electrons. The lowest BCUT2D eigenvalue weighted by Crippen LogP contribution is -2.06. The summed E-state index contributed by atoms with van der Waals surface area (Å²) in [5.41, 5.74) is 9.72. The molecule has 0 spiro atoms. The van der Waals surface area contributed by atoms with Gasteiger partial charge in [0.15, 0.2) is 11.6 Å². The molecule has 0 bridgehead atoms. The molecule has 5 nitrogen and oxygen atoms in total. The minimum absolute atomic E-state index is 0.579. The number of hydrogen-bond acceptors (Lipinski definition) is 4. The maximum atomic E-state index is 5.44. The molecule has 0 saturated carbocycles. The molecule has 0 amide bonds. The maximum absolute atomic E-state index is 5.44. The normalized spacial score (nSPS) is 11.9. The van der Waals surface area contributed by atoms with Crippen LogP contribution in [0.25, 0.3) is 120 Å². The van der Waals surface area contributed by atoms with E-state index in [1.807, 2.05) is 6.07 Å². The monoisotopic (exact) mass is 795 g/mol. The van der Waals surface area contributed by atoms with Crippen molar-refractivity contribution in [2.24, 2.45) is 0 Å². The maximum Gasteiger partial charge on any atom is 0.238 e. The van der Waals surface area contributed by atoms with E-state index in [0.717, 1.165) is 54.4 Å². The van der Waals surface area contributed by atoms with Crippen molar-refractivity contribution >= 4 is 85.9 Å². The van der Waals surface area contributed by atoms with Crippen LogP contribution in [-0.2, 0) is 0 Å². The van der Waals surface area contributed by atoms with E-state index in [1.54, 1.807) is 11.3 Å². The summed E-state index contributed by atoms with van der Waals surface area (Å²) in [4.78, 5) is 16.2. The standard InChI is InChI=1S/C55H33N5S/c1-2-15-34(16-3-1)35-19-14-20-38(31-35)53-56-54(58-55(57-53)60-46-26-11-6-21-39(46)40-22-7-12-27-47(40)60)43-29-30-48(51-42-24-9-13-28-50(42)61-52(43)51)59-45-25-10-8-23-41(45)44-32-36-17-4-5-18-37(36)33-49(44)59/h1-33H. The smallest absolute Gasteiger partial charge is 0.238 e. The quantitative estimate of drug-likeness (QED) is 0.174. The molecule has 0 unspecified atom stereocenters. The summed E-state index contributed by atoms with van der Waals surface area (Å²) in [6.45, 7) is 0. The van der Waals surface area contributed by atoms with E-state index in [-0.39, 0.29) is 0 Å². The molecule has 0 fully saturated rings. The van der Waals surface area contributed by atoms with Crippen molar-refractivity contribution in [1.29, 1.82) is 0 Å². The number of hydrogen-bond donors (Lipinski definition) is 0. The molecule has 4 heterocycles. The Kier molecular flexibility index (Phi) is 7.41. The van der Waals surface area contributed by atoms with E-state index in [2.05, 4.69) is 203 Å². The van der Waals surface area contributed by atoms with Crippen molar-refractivity contribution in [1.82, 2.24) is 24.1 Å². The Hall–Kier alpha value is -7.93. The molecule has 4 aromatic heterocycles. The fraction of sp³-hybridized carbons (Fsp3) is 0. The van der Waals surface area contributed by atoms with Gasteiger partial charge in [0, 0.05) is 52.8 Å². The van der Waals surface area contributed by atoms with E-state index < -0.39 is 0 Å². The van der Waals surface area contributed by atoms with Crippen LogP contribution in [0.1, 0.15) is 0 Å². The molecular formula is C55H33N5S. The fourth-order valence-corrected chi connectivity index (χ4v) is 10.6. The zero-order chi connectivity index (χ0) is 40.0. The Morgan fingerprint density at radius 2 is 0.934 bits per heavy atom. The highest BCUT2D eigenvalue weighted by Gasteiger charge is 2.23. The highest BCUT2D eigenvalue weighted by Crippen LogP contribution is 2.45. The topological polar surface area (TPSA) is 48.5 Å². The third-order valence-electron chi connectivity index (χ3n) is 12.2. The third kappa shape index (κ3) is 5.22. The first-order chi connectivity index (χ1) is 30.2. The number of nitrogens with zero attached hydrogens (tertiary/aromatic N) is 5. The van der Waals surface area contributed by atoms with Crippen LogP contribution in [0.4, 0.5) is 0 Å². The Bertz CT molecular complexity index is 3840. The predicted octanol–water partition coefficient (Wildman–Crippen LogP) is 14.6. The van der Waals surface area contributed by atoms with Crippen LogP contribution in [0.15, 0.2) is 200 Å². The van der Waals surface area contributed by atoms with Gasteiger partial charge in [0.2, 0.25) is 5.95 Å². The molecule has 13 rings (SSSR count).